The lowest BCUT2D eigenvalue weighted by atomic mass is 10.1. The van der Waals surface area contributed by atoms with Crippen LogP contribution in [0.25, 0.3) is 0 Å². The number of amides is 1. The van der Waals surface area contributed by atoms with Crippen molar-refractivity contribution in [1.29, 1.82) is 0 Å². The van der Waals surface area contributed by atoms with Gasteiger partial charge in [-0.2, -0.15) is 0 Å². The van der Waals surface area contributed by atoms with Crippen molar-refractivity contribution in [3.63, 3.8) is 0 Å². The van der Waals surface area contributed by atoms with E-state index in [1.54, 1.807) is 32.2 Å². The molecule has 24 heavy (non-hydrogen) atoms. The van der Waals surface area contributed by atoms with Gasteiger partial charge in [0, 0.05) is 18.7 Å². The van der Waals surface area contributed by atoms with Gasteiger partial charge in [-0.05, 0) is 61.4 Å². The van der Waals surface area contributed by atoms with Crippen molar-refractivity contribution in [3.8, 4) is 0 Å². The van der Waals surface area contributed by atoms with Gasteiger partial charge < -0.3 is 5.32 Å². The molecule has 1 aliphatic heterocycles. The van der Waals surface area contributed by atoms with E-state index in [0.717, 1.165) is 17.7 Å². The zero-order chi connectivity index (χ0) is 17.5. The summed E-state index contributed by atoms with van der Waals surface area (Å²) in [5.41, 5.74) is 1.85. The number of benzene rings is 2. The van der Waals surface area contributed by atoms with Crippen LogP contribution < -0.4 is 9.62 Å². The Morgan fingerprint density at radius 2 is 1.88 bits per heavy atom. The molecule has 1 heterocycles. The SMILES string of the molecule is CNC(=O)c1ccc2c(c1)C[C@H](C)N2S(=O)(=O)c1ccc(F)cc1. The first kappa shape index (κ1) is 16.4. The smallest absolute Gasteiger partial charge is 0.264 e. The van der Waals surface area contributed by atoms with E-state index in [4.69, 9.17) is 0 Å². The number of anilines is 1. The summed E-state index contributed by atoms with van der Waals surface area (Å²) in [5.74, 6) is -0.704. The highest BCUT2D eigenvalue weighted by molar-refractivity contribution is 7.92. The molecule has 7 heteroatoms. The number of sulfonamides is 1. The number of fused-ring (bicyclic) bond motifs is 1. The van der Waals surface area contributed by atoms with Gasteiger partial charge in [0.1, 0.15) is 5.82 Å². The zero-order valence-corrected chi connectivity index (χ0v) is 14.1. The molecule has 1 atom stereocenters. The average Bonchev–Trinajstić information content (AvgIpc) is 2.89. The van der Waals surface area contributed by atoms with Gasteiger partial charge >= 0.3 is 0 Å². The van der Waals surface area contributed by atoms with Gasteiger partial charge in [0.15, 0.2) is 0 Å². The maximum atomic E-state index is 13.1. The summed E-state index contributed by atoms with van der Waals surface area (Å²) in [6, 6.07) is 9.45. The molecule has 0 saturated heterocycles. The monoisotopic (exact) mass is 348 g/mol. The summed E-state index contributed by atoms with van der Waals surface area (Å²) >= 11 is 0. The van der Waals surface area contributed by atoms with Crippen LogP contribution in [0.3, 0.4) is 0 Å². The average molecular weight is 348 g/mol. The predicted molar refractivity (Wildman–Crippen MR) is 89.1 cm³/mol. The molecule has 1 amide bonds. The number of carbonyl (C=O) groups is 1. The predicted octanol–water partition coefficient (Wildman–Crippen LogP) is 2.33. The first-order valence-electron chi connectivity index (χ1n) is 7.49. The fraction of sp³-hybridized carbons (Fsp3) is 0.235. The Balaban J connectivity index is 2.05. The van der Waals surface area contributed by atoms with Crippen LogP contribution in [0.5, 0.6) is 0 Å². The van der Waals surface area contributed by atoms with Crippen molar-refractivity contribution >= 4 is 21.6 Å². The molecule has 2 aromatic carbocycles. The molecule has 5 nitrogen and oxygen atoms in total. The van der Waals surface area contributed by atoms with E-state index in [0.29, 0.717) is 17.7 Å². The Hall–Kier alpha value is -2.41. The third kappa shape index (κ3) is 2.65. The Labute approximate surface area is 140 Å². The van der Waals surface area contributed by atoms with Crippen LogP contribution in [0.4, 0.5) is 10.1 Å². The molecular formula is C17H17FN2O3S. The van der Waals surface area contributed by atoms with Crippen LogP contribution in [0.1, 0.15) is 22.8 Å². The number of carbonyl (C=O) groups excluding carboxylic acids is 1. The molecule has 2 aromatic rings. The molecule has 0 fully saturated rings. The molecule has 0 saturated carbocycles. The number of halogens is 1. The first-order valence-corrected chi connectivity index (χ1v) is 8.93. The molecule has 1 N–H and O–H groups in total. The lowest BCUT2D eigenvalue weighted by Gasteiger charge is -2.24. The van der Waals surface area contributed by atoms with E-state index in [1.807, 2.05) is 0 Å². The van der Waals surface area contributed by atoms with Crippen LogP contribution in [0, 0.1) is 5.82 Å². The van der Waals surface area contributed by atoms with E-state index in [2.05, 4.69) is 5.32 Å². The molecule has 0 bridgehead atoms. The summed E-state index contributed by atoms with van der Waals surface area (Å²) in [6.45, 7) is 1.81. The lowest BCUT2D eigenvalue weighted by molar-refractivity contribution is 0.0963. The third-order valence-corrected chi connectivity index (χ3v) is 6.03. The lowest BCUT2D eigenvalue weighted by Crippen LogP contribution is -2.35. The van der Waals surface area contributed by atoms with Crippen molar-refractivity contribution in [1.82, 2.24) is 5.32 Å². The van der Waals surface area contributed by atoms with Gasteiger partial charge in [-0.1, -0.05) is 0 Å². The maximum Gasteiger partial charge on any atom is 0.264 e. The van der Waals surface area contributed by atoms with Gasteiger partial charge in [0.05, 0.1) is 10.6 Å². The van der Waals surface area contributed by atoms with Crippen molar-refractivity contribution in [2.75, 3.05) is 11.4 Å². The maximum absolute atomic E-state index is 13.1. The van der Waals surface area contributed by atoms with Gasteiger partial charge in [-0.25, -0.2) is 12.8 Å². The largest absolute Gasteiger partial charge is 0.355 e. The summed E-state index contributed by atoms with van der Waals surface area (Å²) in [7, 11) is -2.25. The Morgan fingerprint density at radius 3 is 2.50 bits per heavy atom. The van der Waals surface area contributed by atoms with Gasteiger partial charge in [-0.15, -0.1) is 0 Å². The van der Waals surface area contributed by atoms with E-state index < -0.39 is 15.8 Å². The van der Waals surface area contributed by atoms with Crippen molar-refractivity contribution in [3.05, 3.63) is 59.4 Å². The van der Waals surface area contributed by atoms with Crippen LogP contribution in [-0.2, 0) is 16.4 Å². The number of hydrogen-bond acceptors (Lipinski definition) is 3. The number of nitrogens with zero attached hydrogens (tertiary/aromatic N) is 1. The van der Waals surface area contributed by atoms with E-state index in [9.17, 15) is 17.6 Å². The molecule has 0 unspecified atom stereocenters. The van der Waals surface area contributed by atoms with Crippen molar-refractivity contribution in [2.45, 2.75) is 24.3 Å². The topological polar surface area (TPSA) is 66.5 Å². The minimum absolute atomic E-state index is 0.0407. The van der Waals surface area contributed by atoms with E-state index in [-0.39, 0.29) is 16.8 Å². The fourth-order valence-electron chi connectivity index (χ4n) is 2.97. The molecule has 1 aliphatic rings. The minimum Gasteiger partial charge on any atom is -0.355 e. The van der Waals surface area contributed by atoms with Gasteiger partial charge in [-0.3, -0.25) is 9.10 Å². The molecule has 0 aliphatic carbocycles. The standard InChI is InChI=1S/C17H17FN2O3S/c1-11-9-13-10-12(17(21)19-2)3-8-16(13)20(11)24(22,23)15-6-4-14(18)5-7-15/h3-8,10-11H,9H2,1-2H3,(H,19,21)/t11-/m0/s1. The molecule has 0 spiro atoms. The Bertz CT molecular complexity index is 895. The molecule has 126 valence electrons. The Morgan fingerprint density at radius 1 is 1.21 bits per heavy atom. The molecular weight excluding hydrogens is 331 g/mol. The number of nitrogens with one attached hydrogen (secondary N) is 1. The van der Waals surface area contributed by atoms with Crippen molar-refractivity contribution in [2.24, 2.45) is 0 Å². The summed E-state index contributed by atoms with van der Waals surface area (Å²) in [4.78, 5) is 11.8. The second-order valence-electron chi connectivity index (χ2n) is 5.73. The van der Waals surface area contributed by atoms with Crippen LogP contribution in [-0.4, -0.2) is 27.4 Å². The van der Waals surface area contributed by atoms with Crippen LogP contribution in [0.15, 0.2) is 47.4 Å². The second kappa shape index (κ2) is 5.90. The van der Waals surface area contributed by atoms with Gasteiger partial charge in [0.25, 0.3) is 15.9 Å². The van der Waals surface area contributed by atoms with Gasteiger partial charge in [0.2, 0.25) is 0 Å². The normalized spacial score (nSPS) is 16.8. The van der Waals surface area contributed by atoms with Crippen LogP contribution >= 0.6 is 0 Å². The summed E-state index contributed by atoms with van der Waals surface area (Å²) in [5, 5.41) is 2.55. The zero-order valence-electron chi connectivity index (χ0n) is 13.3. The highest BCUT2D eigenvalue weighted by Crippen LogP contribution is 2.37. The van der Waals surface area contributed by atoms with E-state index in [1.165, 1.54) is 16.4 Å². The summed E-state index contributed by atoms with van der Waals surface area (Å²) < 4.78 is 40.2. The number of hydrogen-bond donors (Lipinski definition) is 1. The Kier molecular flexibility index (Phi) is 4.04. The fourth-order valence-corrected chi connectivity index (χ4v) is 4.67. The first-order chi connectivity index (χ1) is 11.3. The highest BCUT2D eigenvalue weighted by Gasteiger charge is 2.36. The molecule has 3 rings (SSSR count). The van der Waals surface area contributed by atoms with Crippen molar-refractivity contribution < 1.29 is 17.6 Å². The molecule has 0 aromatic heterocycles. The molecule has 0 radical (unpaired) electrons. The second-order valence-corrected chi connectivity index (χ2v) is 7.55. The van der Waals surface area contributed by atoms with Crippen LogP contribution in [0.2, 0.25) is 0 Å². The quantitative estimate of drug-likeness (QED) is 0.926. The highest BCUT2D eigenvalue weighted by atomic mass is 32.2. The number of rotatable bonds is 3. The third-order valence-electron chi connectivity index (χ3n) is 4.09. The summed E-state index contributed by atoms with van der Waals surface area (Å²) in [6.07, 6.45) is 0.514. The van der Waals surface area contributed by atoms with E-state index >= 15 is 0 Å². The minimum atomic E-state index is -3.79.